The topological polar surface area (TPSA) is 71.0 Å². The first-order valence-corrected chi connectivity index (χ1v) is 10.3. The number of halogens is 1. The standard InChI is InChI=1S/C22H30FN5O2/c1-4-24-22(26-14-16-8-9-19(29-3)20(13-16)30-5-2)27-17-10-12-28(15-17)21-18(23)7-6-11-25-21/h6-9,11,13,17H,4-5,10,12,14-15H2,1-3H3,(H2,24,26,27). The summed E-state index contributed by atoms with van der Waals surface area (Å²) in [4.78, 5) is 10.9. The fourth-order valence-electron chi connectivity index (χ4n) is 3.45. The minimum absolute atomic E-state index is 0.166. The Bertz CT molecular complexity index is 861. The van der Waals surface area contributed by atoms with Crippen LogP contribution in [-0.4, -0.2) is 50.3 Å². The van der Waals surface area contributed by atoms with Gasteiger partial charge < -0.3 is 25.0 Å². The molecule has 0 bridgehead atoms. The van der Waals surface area contributed by atoms with Gasteiger partial charge in [0.05, 0.1) is 20.3 Å². The van der Waals surface area contributed by atoms with Gasteiger partial charge in [-0.15, -0.1) is 0 Å². The molecule has 1 saturated heterocycles. The third-order valence-electron chi connectivity index (χ3n) is 4.86. The Morgan fingerprint density at radius 2 is 2.17 bits per heavy atom. The highest BCUT2D eigenvalue weighted by Gasteiger charge is 2.25. The van der Waals surface area contributed by atoms with E-state index >= 15 is 0 Å². The molecule has 7 nitrogen and oxygen atoms in total. The first-order valence-electron chi connectivity index (χ1n) is 10.3. The van der Waals surface area contributed by atoms with Crippen LogP contribution in [0.2, 0.25) is 0 Å². The zero-order chi connectivity index (χ0) is 21.3. The van der Waals surface area contributed by atoms with Gasteiger partial charge in [0.25, 0.3) is 0 Å². The van der Waals surface area contributed by atoms with Gasteiger partial charge in [-0.05, 0) is 50.1 Å². The van der Waals surface area contributed by atoms with E-state index in [0.29, 0.717) is 31.3 Å². The van der Waals surface area contributed by atoms with Crippen molar-refractivity contribution in [3.05, 3.63) is 47.9 Å². The number of nitrogens with zero attached hydrogens (tertiary/aromatic N) is 3. The van der Waals surface area contributed by atoms with Crippen molar-refractivity contribution in [1.29, 1.82) is 0 Å². The van der Waals surface area contributed by atoms with Crippen LogP contribution in [0.4, 0.5) is 10.2 Å². The summed E-state index contributed by atoms with van der Waals surface area (Å²) in [6.07, 6.45) is 2.51. The molecule has 2 heterocycles. The van der Waals surface area contributed by atoms with Crippen molar-refractivity contribution < 1.29 is 13.9 Å². The average Bonchev–Trinajstić information content (AvgIpc) is 3.21. The molecular formula is C22H30FN5O2. The number of pyridine rings is 1. The molecule has 0 aliphatic carbocycles. The van der Waals surface area contributed by atoms with Crippen molar-refractivity contribution in [1.82, 2.24) is 15.6 Å². The summed E-state index contributed by atoms with van der Waals surface area (Å²) in [5, 5.41) is 6.74. The smallest absolute Gasteiger partial charge is 0.191 e. The van der Waals surface area contributed by atoms with Gasteiger partial charge in [0, 0.05) is 31.9 Å². The highest BCUT2D eigenvalue weighted by molar-refractivity contribution is 5.80. The van der Waals surface area contributed by atoms with Crippen molar-refractivity contribution in [3.8, 4) is 11.5 Å². The average molecular weight is 416 g/mol. The van der Waals surface area contributed by atoms with Crippen LogP contribution in [-0.2, 0) is 6.54 Å². The summed E-state index contributed by atoms with van der Waals surface area (Å²) < 4.78 is 25.0. The van der Waals surface area contributed by atoms with Crippen LogP contribution in [0.3, 0.4) is 0 Å². The van der Waals surface area contributed by atoms with Crippen molar-refractivity contribution >= 4 is 11.8 Å². The van der Waals surface area contributed by atoms with Crippen LogP contribution in [0.25, 0.3) is 0 Å². The number of hydrogen-bond donors (Lipinski definition) is 2. The number of anilines is 1. The molecule has 30 heavy (non-hydrogen) atoms. The molecule has 162 valence electrons. The third-order valence-corrected chi connectivity index (χ3v) is 4.86. The van der Waals surface area contributed by atoms with Gasteiger partial charge in [0.2, 0.25) is 0 Å². The molecule has 0 radical (unpaired) electrons. The zero-order valence-corrected chi connectivity index (χ0v) is 17.8. The zero-order valence-electron chi connectivity index (χ0n) is 17.8. The summed E-state index contributed by atoms with van der Waals surface area (Å²) in [7, 11) is 1.63. The van der Waals surface area contributed by atoms with Gasteiger partial charge in [-0.2, -0.15) is 0 Å². The molecule has 1 fully saturated rings. The summed E-state index contributed by atoms with van der Waals surface area (Å²) in [5.41, 5.74) is 1.03. The van der Waals surface area contributed by atoms with Crippen LogP contribution < -0.4 is 25.0 Å². The second kappa shape index (κ2) is 10.7. The summed E-state index contributed by atoms with van der Waals surface area (Å²) in [6.45, 7) is 7.23. The molecule has 1 aliphatic rings. The number of methoxy groups -OCH3 is 1. The molecule has 1 atom stereocenters. The largest absolute Gasteiger partial charge is 0.493 e. The van der Waals surface area contributed by atoms with Crippen molar-refractivity contribution in [2.24, 2.45) is 4.99 Å². The minimum Gasteiger partial charge on any atom is -0.493 e. The minimum atomic E-state index is -0.289. The van der Waals surface area contributed by atoms with Crippen molar-refractivity contribution in [3.63, 3.8) is 0 Å². The Kier molecular flexibility index (Phi) is 7.70. The first kappa shape index (κ1) is 21.7. The molecule has 0 spiro atoms. The predicted molar refractivity (Wildman–Crippen MR) is 117 cm³/mol. The van der Waals surface area contributed by atoms with Crippen LogP contribution in [0.15, 0.2) is 41.5 Å². The number of hydrogen-bond acceptors (Lipinski definition) is 5. The first-order chi connectivity index (χ1) is 14.6. The number of benzene rings is 1. The van der Waals surface area contributed by atoms with Crippen LogP contribution in [0.1, 0.15) is 25.8 Å². The molecule has 0 amide bonds. The van der Waals surface area contributed by atoms with Gasteiger partial charge in [-0.1, -0.05) is 6.07 Å². The molecule has 1 aromatic carbocycles. The van der Waals surface area contributed by atoms with E-state index in [9.17, 15) is 4.39 Å². The van der Waals surface area contributed by atoms with Gasteiger partial charge in [-0.3, -0.25) is 0 Å². The van der Waals surface area contributed by atoms with Crippen LogP contribution in [0.5, 0.6) is 11.5 Å². The maximum Gasteiger partial charge on any atom is 0.191 e. The highest BCUT2D eigenvalue weighted by atomic mass is 19.1. The number of nitrogens with one attached hydrogen (secondary N) is 2. The Hall–Kier alpha value is -3.03. The lowest BCUT2D eigenvalue weighted by molar-refractivity contribution is 0.310. The van der Waals surface area contributed by atoms with E-state index in [1.165, 1.54) is 6.07 Å². The lowest BCUT2D eigenvalue weighted by atomic mass is 10.2. The van der Waals surface area contributed by atoms with Crippen molar-refractivity contribution in [2.75, 3.05) is 38.3 Å². The molecule has 0 saturated carbocycles. The second-order valence-corrected chi connectivity index (χ2v) is 7.00. The maximum atomic E-state index is 14.0. The van der Waals surface area contributed by atoms with E-state index in [-0.39, 0.29) is 11.9 Å². The number of ether oxygens (including phenoxy) is 2. The van der Waals surface area contributed by atoms with E-state index in [4.69, 9.17) is 14.5 Å². The molecule has 1 unspecified atom stereocenters. The fourth-order valence-corrected chi connectivity index (χ4v) is 3.45. The summed E-state index contributed by atoms with van der Waals surface area (Å²) in [5.74, 6) is 2.28. The lowest BCUT2D eigenvalue weighted by Crippen LogP contribution is -2.44. The van der Waals surface area contributed by atoms with Gasteiger partial charge >= 0.3 is 0 Å². The molecular weight excluding hydrogens is 385 g/mol. The molecule has 3 rings (SSSR count). The fraction of sp³-hybridized carbons (Fsp3) is 0.455. The summed E-state index contributed by atoms with van der Waals surface area (Å²) in [6, 6.07) is 9.05. The summed E-state index contributed by atoms with van der Waals surface area (Å²) >= 11 is 0. The predicted octanol–water partition coefficient (Wildman–Crippen LogP) is 2.96. The van der Waals surface area contributed by atoms with E-state index in [1.807, 2.05) is 36.9 Å². The Morgan fingerprint density at radius 3 is 2.90 bits per heavy atom. The SMILES string of the molecule is CCNC(=NCc1ccc(OC)c(OCC)c1)NC1CCN(c2ncccc2F)C1. The molecule has 2 aromatic rings. The highest BCUT2D eigenvalue weighted by Crippen LogP contribution is 2.28. The molecule has 8 heteroatoms. The number of guanidine groups is 1. The van der Waals surface area contributed by atoms with Crippen LogP contribution in [0, 0.1) is 5.82 Å². The maximum absolute atomic E-state index is 14.0. The van der Waals surface area contributed by atoms with E-state index in [0.717, 1.165) is 36.8 Å². The monoisotopic (exact) mass is 415 g/mol. The Balaban J connectivity index is 1.64. The van der Waals surface area contributed by atoms with Gasteiger partial charge in [0.1, 0.15) is 0 Å². The van der Waals surface area contributed by atoms with E-state index < -0.39 is 0 Å². The third kappa shape index (κ3) is 5.52. The molecule has 1 aliphatic heterocycles. The Morgan fingerprint density at radius 1 is 1.30 bits per heavy atom. The van der Waals surface area contributed by atoms with Gasteiger partial charge in [-0.25, -0.2) is 14.4 Å². The Labute approximate surface area is 177 Å². The van der Waals surface area contributed by atoms with Gasteiger partial charge in [0.15, 0.2) is 29.1 Å². The van der Waals surface area contributed by atoms with E-state index in [1.54, 1.807) is 19.4 Å². The lowest BCUT2D eigenvalue weighted by Gasteiger charge is -2.20. The normalized spacial score (nSPS) is 16.5. The van der Waals surface area contributed by atoms with Crippen LogP contribution >= 0.6 is 0 Å². The number of aromatic nitrogens is 1. The number of aliphatic imine (C=N–C) groups is 1. The second-order valence-electron chi connectivity index (χ2n) is 7.00. The van der Waals surface area contributed by atoms with Crippen molar-refractivity contribution in [2.45, 2.75) is 32.9 Å². The van der Waals surface area contributed by atoms with E-state index in [2.05, 4.69) is 15.6 Å². The molecule has 2 N–H and O–H groups in total. The number of rotatable bonds is 8. The quantitative estimate of drug-likeness (QED) is 0.510. The molecule has 1 aromatic heterocycles.